The molecule has 1 fully saturated rings. The maximum atomic E-state index is 12.7. The van der Waals surface area contributed by atoms with Crippen LogP contribution in [0, 0.1) is 13.8 Å². The summed E-state index contributed by atoms with van der Waals surface area (Å²) >= 11 is 1.89. The Bertz CT molecular complexity index is 1330. The van der Waals surface area contributed by atoms with Crippen LogP contribution in [0.15, 0.2) is 42.6 Å². The van der Waals surface area contributed by atoms with Crippen molar-refractivity contribution >= 4 is 34.5 Å². The first kappa shape index (κ1) is 21.5. The fraction of sp³-hybridized carbons (Fsp3) is 0.280. The van der Waals surface area contributed by atoms with E-state index in [0.717, 1.165) is 63.7 Å². The SMILES string of the molecule is Cc1[nH]nc(C(=O)Cc2cnc3[nH]c(-c4ccc(C(=O)N5CCSCC5)cc4)cc3c2)c1C. The Hall–Kier alpha value is -3.39. The molecule has 4 aromatic rings. The number of aromatic nitrogens is 4. The van der Waals surface area contributed by atoms with Crippen molar-refractivity contribution in [3.8, 4) is 11.3 Å². The van der Waals surface area contributed by atoms with Gasteiger partial charge in [-0.3, -0.25) is 14.7 Å². The molecule has 0 bridgehead atoms. The molecular weight excluding hydrogens is 434 g/mol. The third kappa shape index (κ3) is 4.30. The Morgan fingerprint density at radius 3 is 2.55 bits per heavy atom. The number of H-pyrrole nitrogens is 2. The van der Waals surface area contributed by atoms with E-state index in [1.54, 1.807) is 6.20 Å². The zero-order valence-electron chi connectivity index (χ0n) is 18.6. The van der Waals surface area contributed by atoms with Crippen LogP contribution in [0.5, 0.6) is 0 Å². The number of carbonyl (C=O) groups is 2. The molecule has 2 N–H and O–H groups in total. The van der Waals surface area contributed by atoms with Gasteiger partial charge in [0.15, 0.2) is 5.78 Å². The normalized spacial score (nSPS) is 14.1. The average Bonchev–Trinajstić information content (AvgIpc) is 3.42. The number of amides is 1. The summed E-state index contributed by atoms with van der Waals surface area (Å²) in [7, 11) is 0. The molecule has 0 radical (unpaired) electrons. The van der Waals surface area contributed by atoms with Gasteiger partial charge in [-0.25, -0.2) is 4.98 Å². The highest BCUT2D eigenvalue weighted by Gasteiger charge is 2.19. The first-order valence-electron chi connectivity index (χ1n) is 11.0. The van der Waals surface area contributed by atoms with Crippen molar-refractivity contribution in [2.24, 2.45) is 0 Å². The molecule has 5 rings (SSSR count). The Labute approximate surface area is 196 Å². The smallest absolute Gasteiger partial charge is 0.253 e. The molecule has 168 valence electrons. The second kappa shape index (κ2) is 8.86. The molecule has 1 amide bonds. The number of thioether (sulfide) groups is 1. The first-order valence-corrected chi connectivity index (χ1v) is 12.1. The topological polar surface area (TPSA) is 94.7 Å². The quantitative estimate of drug-likeness (QED) is 0.437. The van der Waals surface area contributed by atoms with Crippen LogP contribution in [0.2, 0.25) is 0 Å². The first-order chi connectivity index (χ1) is 16.0. The number of aryl methyl sites for hydroxylation is 1. The molecule has 8 heteroatoms. The molecule has 1 aliphatic heterocycles. The highest BCUT2D eigenvalue weighted by molar-refractivity contribution is 7.99. The van der Waals surface area contributed by atoms with Crippen molar-refractivity contribution in [3.63, 3.8) is 0 Å². The van der Waals surface area contributed by atoms with Crippen molar-refractivity contribution in [1.29, 1.82) is 0 Å². The van der Waals surface area contributed by atoms with Crippen molar-refractivity contribution in [2.75, 3.05) is 24.6 Å². The van der Waals surface area contributed by atoms with Gasteiger partial charge < -0.3 is 9.88 Å². The summed E-state index contributed by atoms with van der Waals surface area (Å²) in [6.07, 6.45) is 1.98. The van der Waals surface area contributed by atoms with Crippen molar-refractivity contribution in [3.05, 3.63) is 70.7 Å². The number of carbonyl (C=O) groups excluding carboxylic acids is 2. The van der Waals surface area contributed by atoms with Crippen molar-refractivity contribution in [2.45, 2.75) is 20.3 Å². The lowest BCUT2D eigenvalue weighted by Crippen LogP contribution is -2.37. The summed E-state index contributed by atoms with van der Waals surface area (Å²) in [5.74, 6) is 2.07. The van der Waals surface area contributed by atoms with E-state index in [9.17, 15) is 9.59 Å². The number of benzene rings is 1. The standard InChI is InChI=1S/C25H25N5O2S/c1-15-16(2)28-29-23(15)22(31)12-17-11-20-13-21(27-24(20)26-14-17)18-3-5-19(6-4-18)25(32)30-7-9-33-10-8-30/h3-6,11,13-14H,7-10,12H2,1-2H3,(H,26,27)(H,28,29). The Morgan fingerprint density at radius 2 is 1.85 bits per heavy atom. The van der Waals surface area contributed by atoms with Crippen LogP contribution >= 0.6 is 11.8 Å². The number of pyridine rings is 1. The van der Waals surface area contributed by atoms with Crippen LogP contribution < -0.4 is 0 Å². The van der Waals surface area contributed by atoms with E-state index in [1.165, 1.54) is 0 Å². The van der Waals surface area contributed by atoms with Gasteiger partial charge in [-0.05, 0) is 49.2 Å². The molecule has 0 spiro atoms. The lowest BCUT2D eigenvalue weighted by Gasteiger charge is -2.26. The molecule has 1 saturated heterocycles. The minimum absolute atomic E-state index is 0.0266. The van der Waals surface area contributed by atoms with E-state index in [1.807, 2.05) is 66.9 Å². The van der Waals surface area contributed by atoms with Crippen LogP contribution in [0.3, 0.4) is 0 Å². The van der Waals surface area contributed by atoms with Gasteiger partial charge in [-0.2, -0.15) is 16.9 Å². The number of Topliss-reactive ketones (excluding diaryl/α,β-unsaturated/α-hetero) is 1. The Balaban J connectivity index is 1.33. The molecule has 1 aromatic carbocycles. The van der Waals surface area contributed by atoms with Gasteiger partial charge in [-0.15, -0.1) is 0 Å². The fourth-order valence-electron chi connectivity index (χ4n) is 4.08. The van der Waals surface area contributed by atoms with E-state index in [0.29, 0.717) is 11.3 Å². The van der Waals surface area contributed by atoms with Crippen LogP contribution in [0.4, 0.5) is 0 Å². The van der Waals surface area contributed by atoms with Crippen molar-refractivity contribution in [1.82, 2.24) is 25.1 Å². The summed E-state index contributed by atoms with van der Waals surface area (Å²) in [5.41, 5.74) is 6.51. The Kier molecular flexibility index (Phi) is 5.76. The second-order valence-corrected chi connectivity index (χ2v) is 9.59. The van der Waals surface area contributed by atoms with Gasteiger partial charge in [0.2, 0.25) is 0 Å². The molecule has 33 heavy (non-hydrogen) atoms. The van der Waals surface area contributed by atoms with Gasteiger partial charge in [-0.1, -0.05) is 12.1 Å². The highest BCUT2D eigenvalue weighted by atomic mass is 32.2. The van der Waals surface area contributed by atoms with Gasteiger partial charge in [0, 0.05) is 65.1 Å². The number of nitrogens with zero attached hydrogens (tertiary/aromatic N) is 3. The molecular formula is C25H25N5O2S. The van der Waals surface area contributed by atoms with Gasteiger partial charge in [0.25, 0.3) is 5.91 Å². The predicted octanol–water partition coefficient (Wildman–Crippen LogP) is 4.18. The summed E-state index contributed by atoms with van der Waals surface area (Å²) in [6.45, 7) is 5.42. The third-order valence-corrected chi connectivity index (χ3v) is 7.09. The van der Waals surface area contributed by atoms with Crippen LogP contribution in [-0.2, 0) is 6.42 Å². The van der Waals surface area contributed by atoms with Crippen LogP contribution in [0.1, 0.15) is 37.7 Å². The van der Waals surface area contributed by atoms with Crippen LogP contribution in [-0.4, -0.2) is 61.4 Å². The number of nitrogens with one attached hydrogen (secondary N) is 2. The molecule has 1 aliphatic rings. The van der Waals surface area contributed by atoms with Crippen molar-refractivity contribution < 1.29 is 9.59 Å². The molecule has 3 aromatic heterocycles. The number of rotatable bonds is 5. The van der Waals surface area contributed by atoms with E-state index in [2.05, 4.69) is 20.2 Å². The number of ketones is 1. The average molecular weight is 460 g/mol. The maximum Gasteiger partial charge on any atom is 0.253 e. The fourth-order valence-corrected chi connectivity index (χ4v) is 4.98. The van der Waals surface area contributed by atoms with Gasteiger partial charge >= 0.3 is 0 Å². The summed E-state index contributed by atoms with van der Waals surface area (Å²) in [6, 6.07) is 11.7. The zero-order chi connectivity index (χ0) is 22.9. The van der Waals surface area contributed by atoms with E-state index in [4.69, 9.17) is 0 Å². The third-order valence-electron chi connectivity index (χ3n) is 6.15. The molecule has 0 saturated carbocycles. The van der Waals surface area contributed by atoms with E-state index < -0.39 is 0 Å². The number of fused-ring (bicyclic) bond motifs is 1. The molecule has 7 nitrogen and oxygen atoms in total. The Morgan fingerprint density at radius 1 is 1.09 bits per heavy atom. The van der Waals surface area contributed by atoms with Crippen LogP contribution in [0.25, 0.3) is 22.3 Å². The molecule has 0 aliphatic carbocycles. The largest absolute Gasteiger partial charge is 0.339 e. The lowest BCUT2D eigenvalue weighted by atomic mass is 10.0. The molecule has 0 unspecified atom stereocenters. The van der Waals surface area contributed by atoms with Gasteiger partial charge in [0.05, 0.1) is 0 Å². The number of hydrogen-bond acceptors (Lipinski definition) is 5. The molecule has 0 atom stereocenters. The lowest BCUT2D eigenvalue weighted by molar-refractivity contribution is 0.0772. The highest BCUT2D eigenvalue weighted by Crippen LogP contribution is 2.25. The molecule has 4 heterocycles. The summed E-state index contributed by atoms with van der Waals surface area (Å²) in [5, 5.41) is 7.95. The number of aromatic amines is 2. The maximum absolute atomic E-state index is 12.7. The summed E-state index contributed by atoms with van der Waals surface area (Å²) < 4.78 is 0. The minimum Gasteiger partial charge on any atom is -0.339 e. The number of hydrogen-bond donors (Lipinski definition) is 2. The van der Waals surface area contributed by atoms with E-state index >= 15 is 0 Å². The predicted molar refractivity (Wildman–Crippen MR) is 131 cm³/mol. The minimum atomic E-state index is -0.0266. The summed E-state index contributed by atoms with van der Waals surface area (Å²) in [4.78, 5) is 35.1. The second-order valence-electron chi connectivity index (χ2n) is 8.37. The van der Waals surface area contributed by atoms with Gasteiger partial charge in [0.1, 0.15) is 11.3 Å². The van der Waals surface area contributed by atoms with E-state index in [-0.39, 0.29) is 18.1 Å². The monoisotopic (exact) mass is 459 g/mol. The zero-order valence-corrected chi connectivity index (χ0v) is 19.5.